The van der Waals surface area contributed by atoms with Crippen molar-refractivity contribution >= 4 is 27.7 Å². The van der Waals surface area contributed by atoms with Gasteiger partial charge >= 0.3 is 0 Å². The monoisotopic (exact) mass is 346 g/mol. The van der Waals surface area contributed by atoms with Gasteiger partial charge in [0.25, 0.3) is 0 Å². The fourth-order valence-corrected chi connectivity index (χ4v) is 5.31. The van der Waals surface area contributed by atoms with Gasteiger partial charge in [0.1, 0.15) is 16.8 Å². The molecule has 1 N–H and O–H groups in total. The molecule has 1 amide bonds. The molecule has 0 spiro atoms. The molecule has 2 rings (SSSR count). The summed E-state index contributed by atoms with van der Waals surface area (Å²) in [5, 5.41) is 2.79. The summed E-state index contributed by atoms with van der Waals surface area (Å²) in [7, 11) is -4.03. The van der Waals surface area contributed by atoms with Crippen molar-refractivity contribution in [1.82, 2.24) is 9.62 Å². The van der Waals surface area contributed by atoms with Crippen molar-refractivity contribution in [3.05, 3.63) is 30.1 Å². The molecule has 1 aliphatic rings. The van der Waals surface area contributed by atoms with Crippen LogP contribution >= 0.6 is 11.8 Å². The highest BCUT2D eigenvalue weighted by atomic mass is 32.2. The normalized spacial score (nSPS) is 20.8. The van der Waals surface area contributed by atoms with Gasteiger partial charge in [-0.25, -0.2) is 12.8 Å². The average Bonchev–Trinajstić information content (AvgIpc) is 2.97. The Kier molecular flexibility index (Phi) is 5.46. The van der Waals surface area contributed by atoms with Crippen molar-refractivity contribution in [2.45, 2.75) is 37.2 Å². The van der Waals surface area contributed by atoms with Crippen LogP contribution in [-0.4, -0.2) is 42.3 Å². The fraction of sp³-hybridized carbons (Fsp3) is 0.500. The van der Waals surface area contributed by atoms with E-state index in [1.54, 1.807) is 0 Å². The number of carbonyl (C=O) groups is 1. The first kappa shape index (κ1) is 17.2. The van der Waals surface area contributed by atoms with Gasteiger partial charge in [0.15, 0.2) is 0 Å². The van der Waals surface area contributed by atoms with Gasteiger partial charge in [-0.15, -0.1) is 11.8 Å². The number of nitrogens with one attached hydrogen (secondary N) is 1. The number of amides is 1. The summed E-state index contributed by atoms with van der Waals surface area (Å²) in [6.07, 6.45) is 0.756. The minimum absolute atomic E-state index is 0.0314. The van der Waals surface area contributed by atoms with Gasteiger partial charge in [-0.2, -0.15) is 4.31 Å². The Morgan fingerprint density at radius 1 is 1.50 bits per heavy atom. The second-order valence-electron chi connectivity index (χ2n) is 5.16. The van der Waals surface area contributed by atoms with Gasteiger partial charge < -0.3 is 5.32 Å². The van der Waals surface area contributed by atoms with Crippen LogP contribution < -0.4 is 5.32 Å². The molecule has 2 atom stereocenters. The van der Waals surface area contributed by atoms with Crippen molar-refractivity contribution in [3.8, 4) is 0 Å². The summed E-state index contributed by atoms with van der Waals surface area (Å²) >= 11 is 1.34. The zero-order valence-corrected chi connectivity index (χ0v) is 14.1. The van der Waals surface area contributed by atoms with Crippen molar-refractivity contribution < 1.29 is 17.6 Å². The molecule has 0 saturated carbocycles. The Morgan fingerprint density at radius 3 is 2.82 bits per heavy atom. The fourth-order valence-electron chi connectivity index (χ4n) is 2.09. The predicted octanol–water partition coefficient (Wildman–Crippen LogP) is 1.80. The lowest BCUT2D eigenvalue weighted by Crippen LogP contribution is -2.49. The Hall–Kier alpha value is -1.12. The number of nitrogens with zero attached hydrogens (tertiary/aromatic N) is 1. The highest BCUT2D eigenvalue weighted by Gasteiger charge is 2.41. The summed E-state index contributed by atoms with van der Waals surface area (Å²) in [4.78, 5) is 11.9. The first-order chi connectivity index (χ1) is 10.4. The standard InChI is InChI=1S/C14H19FN2O3S2/c1-3-10(2)16-14(18)12-8-21-9-17(12)22(19,20)13-7-5-4-6-11(13)15/h4-7,10,12H,3,8-9H2,1-2H3,(H,16,18)/t10-,12+/m0/s1. The van der Waals surface area contributed by atoms with E-state index in [1.807, 2.05) is 13.8 Å². The maximum absolute atomic E-state index is 13.8. The number of halogens is 1. The van der Waals surface area contributed by atoms with Crippen LogP contribution in [0.1, 0.15) is 20.3 Å². The number of hydrogen-bond acceptors (Lipinski definition) is 4. The second-order valence-corrected chi connectivity index (χ2v) is 8.01. The molecule has 122 valence electrons. The molecule has 0 unspecified atom stereocenters. The Labute approximate surface area is 134 Å². The number of rotatable bonds is 5. The summed E-state index contributed by atoms with van der Waals surface area (Å²) in [5.74, 6) is -0.620. The number of benzene rings is 1. The number of sulfonamides is 1. The molecule has 1 aliphatic heterocycles. The van der Waals surface area contributed by atoms with E-state index in [1.165, 1.54) is 30.0 Å². The van der Waals surface area contributed by atoms with E-state index in [4.69, 9.17) is 0 Å². The minimum Gasteiger partial charge on any atom is -0.352 e. The molecule has 22 heavy (non-hydrogen) atoms. The average molecular weight is 346 g/mol. The molecule has 0 bridgehead atoms. The van der Waals surface area contributed by atoms with E-state index >= 15 is 0 Å². The quantitative estimate of drug-likeness (QED) is 0.883. The zero-order valence-electron chi connectivity index (χ0n) is 12.5. The molecule has 1 aromatic rings. The lowest BCUT2D eigenvalue weighted by Gasteiger charge is -2.24. The number of hydrogen-bond donors (Lipinski definition) is 1. The predicted molar refractivity (Wildman–Crippen MR) is 84.4 cm³/mol. The Balaban J connectivity index is 2.27. The molecule has 8 heteroatoms. The van der Waals surface area contributed by atoms with Crippen LogP contribution in [0.25, 0.3) is 0 Å². The van der Waals surface area contributed by atoms with Crippen LogP contribution in [0.3, 0.4) is 0 Å². The molecular weight excluding hydrogens is 327 g/mol. The van der Waals surface area contributed by atoms with Crippen molar-refractivity contribution in [1.29, 1.82) is 0 Å². The smallest absolute Gasteiger partial charge is 0.247 e. The summed E-state index contributed by atoms with van der Waals surface area (Å²) in [5.41, 5.74) is 0. The molecular formula is C14H19FN2O3S2. The van der Waals surface area contributed by atoms with Crippen LogP contribution in [0.15, 0.2) is 29.2 Å². The van der Waals surface area contributed by atoms with Crippen molar-refractivity contribution in [2.24, 2.45) is 0 Å². The van der Waals surface area contributed by atoms with E-state index in [0.717, 1.165) is 16.8 Å². The molecule has 1 saturated heterocycles. The van der Waals surface area contributed by atoms with Crippen LogP contribution in [0.2, 0.25) is 0 Å². The maximum Gasteiger partial charge on any atom is 0.247 e. The molecule has 1 heterocycles. The first-order valence-electron chi connectivity index (χ1n) is 7.02. The largest absolute Gasteiger partial charge is 0.352 e. The van der Waals surface area contributed by atoms with Crippen molar-refractivity contribution in [3.63, 3.8) is 0 Å². The highest BCUT2D eigenvalue weighted by Crippen LogP contribution is 2.29. The van der Waals surface area contributed by atoms with Crippen LogP contribution in [-0.2, 0) is 14.8 Å². The molecule has 0 aromatic heterocycles. The van der Waals surface area contributed by atoms with Crippen LogP contribution in [0.4, 0.5) is 4.39 Å². The van der Waals surface area contributed by atoms with E-state index in [-0.39, 0.29) is 22.7 Å². The SMILES string of the molecule is CC[C@H](C)NC(=O)[C@H]1CSCN1S(=O)(=O)c1ccccc1F. The van der Waals surface area contributed by atoms with E-state index in [0.29, 0.717) is 5.75 Å². The summed E-state index contributed by atoms with van der Waals surface area (Å²) in [6, 6.07) is 4.38. The zero-order chi connectivity index (χ0) is 16.3. The van der Waals surface area contributed by atoms with Gasteiger partial charge in [0, 0.05) is 11.8 Å². The maximum atomic E-state index is 13.8. The van der Waals surface area contributed by atoms with E-state index in [9.17, 15) is 17.6 Å². The number of carbonyl (C=O) groups excluding carboxylic acids is 1. The third kappa shape index (κ3) is 3.44. The topological polar surface area (TPSA) is 66.5 Å². The minimum atomic E-state index is -4.03. The molecule has 1 fully saturated rings. The molecule has 0 radical (unpaired) electrons. The molecule has 5 nitrogen and oxygen atoms in total. The Bertz CT molecular complexity index is 651. The van der Waals surface area contributed by atoms with Gasteiger partial charge in [-0.1, -0.05) is 19.1 Å². The third-order valence-electron chi connectivity index (χ3n) is 3.57. The van der Waals surface area contributed by atoms with Crippen LogP contribution in [0.5, 0.6) is 0 Å². The molecule has 0 aliphatic carbocycles. The second kappa shape index (κ2) is 6.97. The van der Waals surface area contributed by atoms with Gasteiger partial charge in [-0.3, -0.25) is 4.79 Å². The molecule has 1 aromatic carbocycles. The van der Waals surface area contributed by atoms with Crippen LogP contribution in [0, 0.1) is 5.82 Å². The summed E-state index contributed by atoms with van der Waals surface area (Å²) in [6.45, 7) is 3.79. The summed E-state index contributed by atoms with van der Waals surface area (Å²) < 4.78 is 40.1. The lowest BCUT2D eigenvalue weighted by atomic mass is 10.2. The highest BCUT2D eigenvalue weighted by molar-refractivity contribution is 8.00. The van der Waals surface area contributed by atoms with Crippen molar-refractivity contribution in [2.75, 3.05) is 11.6 Å². The van der Waals surface area contributed by atoms with E-state index in [2.05, 4.69) is 5.32 Å². The lowest BCUT2D eigenvalue weighted by molar-refractivity contribution is -0.124. The first-order valence-corrected chi connectivity index (χ1v) is 9.62. The van der Waals surface area contributed by atoms with Gasteiger partial charge in [0.05, 0.1) is 5.88 Å². The van der Waals surface area contributed by atoms with E-state index < -0.39 is 21.9 Å². The van der Waals surface area contributed by atoms with Gasteiger partial charge in [-0.05, 0) is 25.5 Å². The third-order valence-corrected chi connectivity index (χ3v) is 6.63. The Morgan fingerprint density at radius 2 is 2.18 bits per heavy atom. The number of thioether (sulfide) groups is 1. The van der Waals surface area contributed by atoms with Gasteiger partial charge in [0.2, 0.25) is 15.9 Å².